The summed E-state index contributed by atoms with van der Waals surface area (Å²) in [6, 6.07) is 2.02. The molecule has 1 aromatic heterocycles. The highest BCUT2D eigenvalue weighted by Gasteiger charge is 2.37. The first-order valence-corrected chi connectivity index (χ1v) is 11.8. The summed E-state index contributed by atoms with van der Waals surface area (Å²) in [7, 11) is -2.93. The van der Waals surface area contributed by atoms with Gasteiger partial charge in [0.15, 0.2) is 5.78 Å². The number of hydrogen-bond donors (Lipinski definition) is 0. The van der Waals surface area contributed by atoms with E-state index in [4.69, 9.17) is 4.74 Å². The molecule has 0 aliphatic heterocycles. The van der Waals surface area contributed by atoms with Crippen molar-refractivity contribution in [1.29, 1.82) is 0 Å². The topological polar surface area (TPSA) is 85.7 Å². The molecule has 2 rings (SSSR count). The van der Waals surface area contributed by atoms with Gasteiger partial charge in [0.2, 0.25) is 10.0 Å². The van der Waals surface area contributed by atoms with Gasteiger partial charge in [0.1, 0.15) is 5.69 Å². The van der Waals surface area contributed by atoms with Crippen LogP contribution in [0.3, 0.4) is 0 Å². The van der Waals surface area contributed by atoms with E-state index in [1.165, 1.54) is 17.6 Å². The van der Waals surface area contributed by atoms with Gasteiger partial charge in [0, 0.05) is 24.8 Å². The first-order chi connectivity index (χ1) is 15.7. The Morgan fingerprint density at radius 2 is 1.88 bits per heavy atom. The number of alkyl halides is 3. The van der Waals surface area contributed by atoms with E-state index < -0.39 is 44.5 Å². The lowest BCUT2D eigenvalue weighted by Gasteiger charge is -2.27. The number of aromatic nitrogens is 1. The van der Waals surface area contributed by atoms with Crippen LogP contribution in [-0.4, -0.2) is 48.2 Å². The molecular formula is C23H27F3N2O5S. The summed E-state index contributed by atoms with van der Waals surface area (Å²) in [4.78, 5) is 25.2. The molecule has 0 amide bonds. The Hall–Kier alpha value is -2.92. The van der Waals surface area contributed by atoms with E-state index in [9.17, 15) is 31.2 Å². The van der Waals surface area contributed by atoms with Gasteiger partial charge in [-0.2, -0.15) is 17.5 Å². The van der Waals surface area contributed by atoms with Gasteiger partial charge in [0.25, 0.3) is 0 Å². The average Bonchev–Trinajstić information content (AvgIpc) is 2.98. The molecular weight excluding hydrogens is 473 g/mol. The first-order valence-electron chi connectivity index (χ1n) is 10.4. The number of esters is 1. The Labute approximate surface area is 196 Å². The van der Waals surface area contributed by atoms with Crippen LogP contribution >= 0.6 is 0 Å². The molecule has 0 radical (unpaired) electrons. The zero-order valence-corrected chi connectivity index (χ0v) is 20.4. The number of hydrogen-bond acceptors (Lipinski definition) is 5. The van der Waals surface area contributed by atoms with Gasteiger partial charge in [0.05, 0.1) is 23.1 Å². The van der Waals surface area contributed by atoms with Gasteiger partial charge in [-0.3, -0.25) is 4.79 Å². The second kappa shape index (κ2) is 10.1. The molecule has 0 aliphatic rings. The molecule has 1 atom stereocenters. The first kappa shape index (κ1) is 27.3. The van der Waals surface area contributed by atoms with Gasteiger partial charge in [-0.1, -0.05) is 12.1 Å². The lowest BCUT2D eigenvalue weighted by Crippen LogP contribution is -2.43. The van der Waals surface area contributed by atoms with Gasteiger partial charge >= 0.3 is 12.1 Å². The number of benzene rings is 1. The highest BCUT2D eigenvalue weighted by Crippen LogP contribution is 2.32. The molecule has 0 N–H and O–H groups in total. The van der Waals surface area contributed by atoms with Crippen molar-refractivity contribution in [3.8, 4) is 0 Å². The van der Waals surface area contributed by atoms with Crippen LogP contribution in [0.4, 0.5) is 13.2 Å². The van der Waals surface area contributed by atoms with E-state index in [0.717, 1.165) is 22.5 Å². The van der Waals surface area contributed by atoms with E-state index in [1.54, 1.807) is 27.8 Å². The summed E-state index contributed by atoms with van der Waals surface area (Å²) in [5.41, 5.74) is -0.0741. The summed E-state index contributed by atoms with van der Waals surface area (Å²) in [5.74, 6) is -1.24. The maximum Gasteiger partial charge on any atom is 0.416 e. The Morgan fingerprint density at radius 1 is 1.26 bits per heavy atom. The second-order valence-electron chi connectivity index (χ2n) is 7.64. The molecule has 0 bridgehead atoms. The van der Waals surface area contributed by atoms with Crippen molar-refractivity contribution in [2.45, 2.75) is 44.8 Å². The normalized spacial score (nSPS) is 13.1. The molecule has 186 valence electrons. The van der Waals surface area contributed by atoms with Crippen molar-refractivity contribution in [1.82, 2.24) is 8.87 Å². The van der Waals surface area contributed by atoms with Crippen molar-refractivity contribution < 1.29 is 35.9 Å². The molecule has 0 saturated carbocycles. The monoisotopic (exact) mass is 500 g/mol. The minimum absolute atomic E-state index is 0.129. The van der Waals surface area contributed by atoms with E-state index in [-0.39, 0.29) is 24.4 Å². The summed E-state index contributed by atoms with van der Waals surface area (Å²) < 4.78 is 73.3. The fourth-order valence-electron chi connectivity index (χ4n) is 3.73. The molecule has 0 spiro atoms. The lowest BCUT2D eigenvalue weighted by atomic mass is 10.0. The summed E-state index contributed by atoms with van der Waals surface area (Å²) in [6.07, 6.45) is -3.50. The number of rotatable bonds is 9. The lowest BCUT2D eigenvalue weighted by molar-refractivity contribution is -0.137. The van der Waals surface area contributed by atoms with Crippen molar-refractivity contribution in [3.05, 3.63) is 65.0 Å². The third-order valence-electron chi connectivity index (χ3n) is 5.53. The Bertz CT molecular complexity index is 1220. The van der Waals surface area contributed by atoms with E-state index in [2.05, 4.69) is 6.58 Å². The highest BCUT2D eigenvalue weighted by atomic mass is 32.2. The number of nitrogens with zero attached hydrogens (tertiary/aromatic N) is 2. The van der Waals surface area contributed by atoms with E-state index >= 15 is 0 Å². The number of Topliss-reactive ketones (excluding diaryl/α,β-unsaturated/α-hetero) is 1. The molecule has 0 aliphatic carbocycles. The predicted molar refractivity (Wildman–Crippen MR) is 120 cm³/mol. The molecule has 0 saturated heterocycles. The van der Waals surface area contributed by atoms with Gasteiger partial charge in [-0.25, -0.2) is 13.2 Å². The highest BCUT2D eigenvalue weighted by molar-refractivity contribution is 7.89. The van der Waals surface area contributed by atoms with E-state index in [1.807, 2.05) is 0 Å². The largest absolute Gasteiger partial charge is 0.461 e. The second-order valence-corrected chi connectivity index (χ2v) is 9.53. The fraction of sp³-hybridized carbons (Fsp3) is 0.391. The van der Waals surface area contributed by atoms with Crippen LogP contribution in [0.25, 0.3) is 0 Å². The Morgan fingerprint density at radius 3 is 2.41 bits per heavy atom. The van der Waals surface area contributed by atoms with Crippen LogP contribution in [0, 0.1) is 13.8 Å². The van der Waals surface area contributed by atoms with Crippen molar-refractivity contribution in [3.63, 3.8) is 0 Å². The minimum atomic E-state index is -4.74. The van der Waals surface area contributed by atoms with Crippen molar-refractivity contribution in [2.24, 2.45) is 7.05 Å². The molecule has 34 heavy (non-hydrogen) atoms. The molecule has 1 aromatic carbocycles. The maximum absolute atomic E-state index is 13.5. The molecule has 2 aromatic rings. The standard InChI is InChI=1S/C23H27F3N2O5S/c1-7-12-28(34(31,32)18-11-9-10-17(13-18)23(24,25)26)16(5)21(29)19-14(3)20(22(30)33-8-2)27(6)15(19)4/h7,9-11,13,16H,1,8,12H2,2-6H3. The third-order valence-corrected chi connectivity index (χ3v) is 7.47. The SMILES string of the molecule is C=CCN(C(C)C(=O)c1c(C)c(C(=O)OCC)n(C)c1C)S(=O)(=O)c1cccc(C(F)(F)F)c1. The summed E-state index contributed by atoms with van der Waals surface area (Å²) in [6.45, 7) is 9.47. The number of sulfonamides is 1. The molecule has 7 nitrogen and oxygen atoms in total. The Kier molecular flexibility index (Phi) is 8.15. The molecule has 11 heteroatoms. The van der Waals surface area contributed by atoms with Gasteiger partial charge in [-0.15, -0.1) is 6.58 Å². The summed E-state index contributed by atoms with van der Waals surface area (Å²) >= 11 is 0. The zero-order chi connectivity index (χ0) is 26.0. The van der Waals surface area contributed by atoms with Crippen LogP contribution in [0.5, 0.6) is 0 Å². The van der Waals surface area contributed by atoms with Crippen LogP contribution < -0.4 is 0 Å². The summed E-state index contributed by atoms with van der Waals surface area (Å²) in [5, 5.41) is 0. The quantitative estimate of drug-likeness (QED) is 0.291. The van der Waals surface area contributed by atoms with Crippen LogP contribution in [0.2, 0.25) is 0 Å². The smallest absolute Gasteiger partial charge is 0.416 e. The number of ether oxygens (including phenoxy) is 1. The molecule has 1 heterocycles. The number of carbonyl (C=O) groups excluding carboxylic acids is 2. The predicted octanol–water partition coefficient (Wildman–Crippen LogP) is 4.29. The zero-order valence-electron chi connectivity index (χ0n) is 19.6. The van der Waals surface area contributed by atoms with Crippen LogP contribution in [0.15, 0.2) is 41.8 Å². The third kappa shape index (κ3) is 5.10. The molecule has 1 unspecified atom stereocenters. The fourth-order valence-corrected chi connectivity index (χ4v) is 5.34. The minimum Gasteiger partial charge on any atom is -0.461 e. The van der Waals surface area contributed by atoms with Crippen molar-refractivity contribution >= 4 is 21.8 Å². The molecule has 0 fully saturated rings. The van der Waals surface area contributed by atoms with Crippen LogP contribution in [0.1, 0.15) is 51.5 Å². The number of carbonyl (C=O) groups is 2. The number of ketones is 1. The maximum atomic E-state index is 13.5. The van der Waals surface area contributed by atoms with Gasteiger partial charge < -0.3 is 9.30 Å². The Balaban J connectivity index is 2.57. The number of halogens is 3. The van der Waals surface area contributed by atoms with Crippen LogP contribution in [-0.2, 0) is 28.0 Å². The van der Waals surface area contributed by atoms with Gasteiger partial charge in [-0.05, 0) is 51.5 Å². The van der Waals surface area contributed by atoms with Crippen molar-refractivity contribution in [2.75, 3.05) is 13.2 Å². The average molecular weight is 501 g/mol. The van der Waals surface area contributed by atoms with E-state index in [0.29, 0.717) is 17.3 Å².